The van der Waals surface area contributed by atoms with Crippen molar-refractivity contribution in [3.05, 3.63) is 83.9 Å². The third-order valence-electron chi connectivity index (χ3n) is 3.93. The summed E-state index contributed by atoms with van der Waals surface area (Å²) in [5, 5.41) is 14.7. The summed E-state index contributed by atoms with van der Waals surface area (Å²) in [6.45, 7) is 0. The smallest absolute Gasteiger partial charge is 0.147 e. The van der Waals surface area contributed by atoms with Gasteiger partial charge >= 0.3 is 0 Å². The predicted octanol–water partition coefficient (Wildman–Crippen LogP) is 3.91. The van der Waals surface area contributed by atoms with Gasteiger partial charge in [0, 0.05) is 5.92 Å². The minimum atomic E-state index is -0.142. The van der Waals surface area contributed by atoms with Gasteiger partial charge in [0.25, 0.3) is 0 Å². The first-order valence-corrected chi connectivity index (χ1v) is 7.28. The molecule has 3 N–H and O–H groups in total. The van der Waals surface area contributed by atoms with Gasteiger partial charge in [0.05, 0.1) is 0 Å². The number of benzene rings is 3. The first-order valence-electron chi connectivity index (χ1n) is 7.28. The average Bonchev–Trinajstić information content (AvgIpc) is 2.59. The van der Waals surface area contributed by atoms with Crippen molar-refractivity contribution in [2.45, 2.75) is 12.3 Å². The van der Waals surface area contributed by atoms with Crippen molar-refractivity contribution in [1.29, 1.82) is 0 Å². The molecule has 3 rings (SSSR count). The summed E-state index contributed by atoms with van der Waals surface area (Å²) in [6.07, 6.45) is 0.703. The van der Waals surface area contributed by atoms with Crippen molar-refractivity contribution in [3.8, 4) is 0 Å². The van der Waals surface area contributed by atoms with Crippen LogP contribution in [0.2, 0.25) is 0 Å². The maximum Gasteiger partial charge on any atom is 0.147 e. The van der Waals surface area contributed by atoms with Gasteiger partial charge < -0.3 is 10.9 Å². The van der Waals surface area contributed by atoms with E-state index in [-0.39, 0.29) is 11.8 Å². The average molecular weight is 290 g/mol. The zero-order valence-corrected chi connectivity index (χ0v) is 12.2. The molecular weight excluding hydrogens is 272 g/mol. The van der Waals surface area contributed by atoms with Crippen LogP contribution in [0.3, 0.4) is 0 Å². The quantitative estimate of drug-likeness (QED) is 0.331. The van der Waals surface area contributed by atoms with Crippen molar-refractivity contribution in [2.24, 2.45) is 10.9 Å². The third kappa shape index (κ3) is 2.93. The van der Waals surface area contributed by atoms with Gasteiger partial charge in [-0.15, -0.1) is 0 Å². The zero-order valence-electron chi connectivity index (χ0n) is 12.2. The van der Waals surface area contributed by atoms with Crippen LogP contribution < -0.4 is 5.73 Å². The molecular formula is C19H18N2O. The third-order valence-corrected chi connectivity index (χ3v) is 3.93. The Morgan fingerprint density at radius 3 is 2.32 bits per heavy atom. The van der Waals surface area contributed by atoms with Gasteiger partial charge in [-0.3, -0.25) is 0 Å². The summed E-state index contributed by atoms with van der Waals surface area (Å²) < 4.78 is 0. The molecule has 0 aliphatic heterocycles. The van der Waals surface area contributed by atoms with Crippen molar-refractivity contribution >= 4 is 16.6 Å². The van der Waals surface area contributed by atoms with Crippen molar-refractivity contribution in [3.63, 3.8) is 0 Å². The van der Waals surface area contributed by atoms with Gasteiger partial charge in [0.2, 0.25) is 0 Å². The SMILES string of the molecule is NC(=NO)C(Cc1ccccc1)c1ccc2ccccc2c1. The van der Waals surface area contributed by atoms with E-state index in [1.165, 1.54) is 5.39 Å². The fourth-order valence-corrected chi connectivity index (χ4v) is 2.74. The van der Waals surface area contributed by atoms with E-state index in [1.807, 2.05) is 36.4 Å². The second kappa shape index (κ2) is 6.31. The maximum absolute atomic E-state index is 9.12. The minimum absolute atomic E-state index is 0.142. The summed E-state index contributed by atoms with van der Waals surface area (Å²) >= 11 is 0. The summed E-state index contributed by atoms with van der Waals surface area (Å²) in [7, 11) is 0. The fourth-order valence-electron chi connectivity index (χ4n) is 2.74. The molecule has 3 nitrogen and oxygen atoms in total. The molecule has 0 aliphatic rings. The largest absolute Gasteiger partial charge is 0.409 e. The molecule has 110 valence electrons. The van der Waals surface area contributed by atoms with Crippen LogP contribution in [0.4, 0.5) is 0 Å². The van der Waals surface area contributed by atoms with E-state index in [9.17, 15) is 0 Å². The van der Waals surface area contributed by atoms with E-state index in [4.69, 9.17) is 10.9 Å². The molecule has 0 aromatic heterocycles. The van der Waals surface area contributed by atoms with Gasteiger partial charge in [-0.1, -0.05) is 78.0 Å². The van der Waals surface area contributed by atoms with E-state index in [0.717, 1.165) is 16.5 Å². The Morgan fingerprint density at radius 1 is 0.909 bits per heavy atom. The van der Waals surface area contributed by atoms with Crippen LogP contribution in [0.1, 0.15) is 17.0 Å². The molecule has 0 aliphatic carbocycles. The number of nitrogens with zero attached hydrogens (tertiary/aromatic N) is 1. The number of oxime groups is 1. The number of fused-ring (bicyclic) bond motifs is 1. The lowest BCUT2D eigenvalue weighted by Crippen LogP contribution is -2.23. The normalized spacial score (nSPS) is 13.2. The lowest BCUT2D eigenvalue weighted by Gasteiger charge is -2.17. The van der Waals surface area contributed by atoms with Gasteiger partial charge in [-0.2, -0.15) is 0 Å². The van der Waals surface area contributed by atoms with Gasteiger partial charge in [-0.05, 0) is 28.3 Å². The molecule has 0 saturated carbocycles. The molecule has 0 fully saturated rings. The Bertz CT molecular complexity index is 797. The summed E-state index contributed by atoms with van der Waals surface area (Å²) in [5.41, 5.74) is 8.15. The summed E-state index contributed by atoms with van der Waals surface area (Å²) in [6, 6.07) is 24.5. The summed E-state index contributed by atoms with van der Waals surface area (Å²) in [4.78, 5) is 0. The van der Waals surface area contributed by atoms with Crippen LogP contribution in [0, 0.1) is 0 Å². The molecule has 0 spiro atoms. The fraction of sp³-hybridized carbons (Fsp3) is 0.105. The van der Waals surface area contributed by atoms with E-state index in [0.29, 0.717) is 6.42 Å². The molecule has 0 heterocycles. The highest BCUT2D eigenvalue weighted by atomic mass is 16.4. The number of hydrogen-bond acceptors (Lipinski definition) is 2. The molecule has 3 aromatic rings. The number of nitrogens with two attached hydrogens (primary N) is 1. The van der Waals surface area contributed by atoms with E-state index in [1.54, 1.807) is 0 Å². The van der Waals surface area contributed by atoms with Crippen LogP contribution in [0.5, 0.6) is 0 Å². The molecule has 0 amide bonds. The van der Waals surface area contributed by atoms with E-state index >= 15 is 0 Å². The first-order chi connectivity index (χ1) is 10.8. The predicted molar refractivity (Wildman–Crippen MR) is 90.2 cm³/mol. The summed E-state index contributed by atoms with van der Waals surface area (Å²) in [5.74, 6) is 0.0936. The highest BCUT2D eigenvalue weighted by Gasteiger charge is 2.17. The molecule has 3 aromatic carbocycles. The van der Waals surface area contributed by atoms with Crippen LogP contribution in [0.25, 0.3) is 10.8 Å². The Hall–Kier alpha value is -2.81. The van der Waals surface area contributed by atoms with E-state index < -0.39 is 0 Å². The van der Waals surface area contributed by atoms with Gasteiger partial charge in [0.1, 0.15) is 5.84 Å². The Morgan fingerprint density at radius 2 is 1.59 bits per heavy atom. The molecule has 1 unspecified atom stereocenters. The van der Waals surface area contributed by atoms with Crippen LogP contribution >= 0.6 is 0 Å². The molecule has 1 atom stereocenters. The highest BCUT2D eigenvalue weighted by Crippen LogP contribution is 2.25. The van der Waals surface area contributed by atoms with Crippen molar-refractivity contribution in [1.82, 2.24) is 0 Å². The highest BCUT2D eigenvalue weighted by molar-refractivity contribution is 5.90. The lowest BCUT2D eigenvalue weighted by atomic mass is 9.89. The van der Waals surface area contributed by atoms with Crippen molar-refractivity contribution < 1.29 is 5.21 Å². The van der Waals surface area contributed by atoms with Gasteiger partial charge in [-0.25, -0.2) is 0 Å². The second-order valence-corrected chi connectivity index (χ2v) is 5.37. The lowest BCUT2D eigenvalue weighted by molar-refractivity contribution is 0.316. The molecule has 0 bridgehead atoms. The van der Waals surface area contributed by atoms with Gasteiger partial charge in [0.15, 0.2) is 0 Å². The molecule has 3 heteroatoms. The zero-order chi connectivity index (χ0) is 15.4. The Balaban J connectivity index is 2.00. The monoisotopic (exact) mass is 290 g/mol. The standard InChI is InChI=1S/C19H18N2O/c20-19(21-22)18(12-14-6-2-1-3-7-14)17-11-10-15-8-4-5-9-16(15)13-17/h1-11,13,18,22H,12H2,(H2,20,21). The molecule has 0 saturated heterocycles. The van der Waals surface area contributed by atoms with Crippen molar-refractivity contribution in [2.75, 3.05) is 0 Å². The van der Waals surface area contributed by atoms with Crippen LogP contribution in [0.15, 0.2) is 78.0 Å². The topological polar surface area (TPSA) is 58.6 Å². The van der Waals surface area contributed by atoms with Crippen LogP contribution in [-0.4, -0.2) is 11.0 Å². The van der Waals surface area contributed by atoms with E-state index in [2.05, 4.69) is 41.6 Å². The maximum atomic E-state index is 9.12. The van der Waals surface area contributed by atoms with Crippen LogP contribution in [-0.2, 0) is 6.42 Å². The number of amidine groups is 1. The number of rotatable bonds is 4. The molecule has 22 heavy (non-hydrogen) atoms. The Labute approximate surface area is 129 Å². The number of hydrogen-bond donors (Lipinski definition) is 2. The minimum Gasteiger partial charge on any atom is -0.409 e. The first kappa shape index (κ1) is 14.1. The Kier molecular flexibility index (Phi) is 4.05. The molecule has 0 radical (unpaired) electrons. The second-order valence-electron chi connectivity index (χ2n) is 5.37.